The first kappa shape index (κ1) is 11.8. The number of halogens is 2. The average molecular weight is 231 g/mol. The number of carbonyl (C=O) groups excluding carboxylic acids is 1. The van der Waals surface area contributed by atoms with Crippen LogP contribution in [-0.2, 0) is 4.79 Å². The Hall–Kier alpha value is -0.670. The Balaban J connectivity index is 1.77. The van der Waals surface area contributed by atoms with Crippen molar-refractivity contribution in [2.45, 2.75) is 63.3 Å². The third kappa shape index (κ3) is 2.92. The topological polar surface area (TPSA) is 29.1 Å². The average Bonchev–Trinajstić information content (AvgIpc) is 2.70. The number of carbonyl (C=O) groups is 1. The van der Waals surface area contributed by atoms with Crippen molar-refractivity contribution in [1.82, 2.24) is 5.32 Å². The van der Waals surface area contributed by atoms with E-state index >= 15 is 0 Å². The van der Waals surface area contributed by atoms with Gasteiger partial charge in [-0.25, -0.2) is 8.78 Å². The molecule has 2 aliphatic carbocycles. The highest BCUT2D eigenvalue weighted by molar-refractivity contribution is 5.79. The number of nitrogens with one attached hydrogen (secondary N) is 1. The van der Waals surface area contributed by atoms with E-state index in [9.17, 15) is 13.6 Å². The van der Waals surface area contributed by atoms with E-state index in [4.69, 9.17) is 0 Å². The Bertz CT molecular complexity index is 252. The summed E-state index contributed by atoms with van der Waals surface area (Å²) in [5.74, 6) is -2.72. The number of hydrogen-bond donors (Lipinski definition) is 1. The molecule has 0 saturated heterocycles. The van der Waals surface area contributed by atoms with Crippen molar-refractivity contribution in [3.63, 3.8) is 0 Å². The molecule has 1 amide bonds. The van der Waals surface area contributed by atoms with Gasteiger partial charge in [-0.05, 0) is 25.7 Å². The molecule has 0 radical (unpaired) electrons. The molecule has 4 heteroatoms. The molecule has 0 aromatic rings. The van der Waals surface area contributed by atoms with Crippen LogP contribution in [0.2, 0.25) is 0 Å². The summed E-state index contributed by atoms with van der Waals surface area (Å²) in [5, 5.41) is 2.99. The van der Waals surface area contributed by atoms with Gasteiger partial charge >= 0.3 is 0 Å². The van der Waals surface area contributed by atoms with Gasteiger partial charge in [-0.3, -0.25) is 4.79 Å². The van der Waals surface area contributed by atoms with Crippen LogP contribution in [0, 0.1) is 5.92 Å². The van der Waals surface area contributed by atoms with Crippen molar-refractivity contribution in [3.05, 3.63) is 0 Å². The smallest absolute Gasteiger partial charge is 0.248 e. The SMILES string of the molecule is O=C(NC1CCCC1)C1CCC(F)(F)CC1. The van der Waals surface area contributed by atoms with Crippen LogP contribution in [0.1, 0.15) is 51.4 Å². The predicted octanol–water partition coefficient (Wildman–Crippen LogP) is 2.87. The maximum Gasteiger partial charge on any atom is 0.248 e. The first-order valence-corrected chi connectivity index (χ1v) is 6.25. The van der Waals surface area contributed by atoms with Crippen LogP contribution >= 0.6 is 0 Å². The first-order chi connectivity index (χ1) is 7.57. The molecule has 0 aliphatic heterocycles. The summed E-state index contributed by atoms with van der Waals surface area (Å²) >= 11 is 0. The lowest BCUT2D eigenvalue weighted by Crippen LogP contribution is -2.40. The molecular weight excluding hydrogens is 212 g/mol. The Morgan fingerprint density at radius 2 is 1.62 bits per heavy atom. The molecule has 0 aromatic carbocycles. The minimum atomic E-state index is -2.54. The summed E-state index contributed by atoms with van der Waals surface area (Å²) in [5.41, 5.74) is 0. The van der Waals surface area contributed by atoms with Crippen LogP contribution in [0.25, 0.3) is 0 Å². The van der Waals surface area contributed by atoms with E-state index in [1.165, 1.54) is 12.8 Å². The van der Waals surface area contributed by atoms with Gasteiger partial charge in [-0.2, -0.15) is 0 Å². The van der Waals surface area contributed by atoms with Gasteiger partial charge in [0.15, 0.2) is 0 Å². The van der Waals surface area contributed by atoms with Crippen LogP contribution in [-0.4, -0.2) is 17.9 Å². The van der Waals surface area contributed by atoms with Crippen LogP contribution in [0.5, 0.6) is 0 Å². The second kappa shape index (κ2) is 4.68. The van der Waals surface area contributed by atoms with Crippen molar-refractivity contribution < 1.29 is 13.6 Å². The quantitative estimate of drug-likeness (QED) is 0.778. The molecule has 0 unspecified atom stereocenters. The number of alkyl halides is 2. The Morgan fingerprint density at radius 1 is 1.06 bits per heavy atom. The van der Waals surface area contributed by atoms with Gasteiger partial charge in [0.2, 0.25) is 11.8 Å². The zero-order valence-electron chi connectivity index (χ0n) is 9.48. The summed E-state index contributed by atoms with van der Waals surface area (Å²) in [6.07, 6.45) is 4.87. The van der Waals surface area contributed by atoms with Crippen molar-refractivity contribution >= 4 is 5.91 Å². The molecule has 16 heavy (non-hydrogen) atoms. The van der Waals surface area contributed by atoms with Crippen molar-refractivity contribution in [1.29, 1.82) is 0 Å². The normalized spacial score (nSPS) is 26.9. The summed E-state index contributed by atoms with van der Waals surface area (Å²) in [7, 11) is 0. The number of amides is 1. The molecule has 2 aliphatic rings. The molecule has 2 nitrogen and oxygen atoms in total. The van der Waals surface area contributed by atoms with E-state index in [0.29, 0.717) is 18.9 Å². The minimum Gasteiger partial charge on any atom is -0.353 e. The highest BCUT2D eigenvalue weighted by atomic mass is 19.3. The van der Waals surface area contributed by atoms with Crippen LogP contribution in [0.4, 0.5) is 8.78 Å². The highest BCUT2D eigenvalue weighted by Crippen LogP contribution is 2.36. The molecule has 2 rings (SSSR count). The molecule has 2 saturated carbocycles. The molecule has 0 spiro atoms. The van der Waals surface area contributed by atoms with Crippen molar-refractivity contribution in [2.24, 2.45) is 5.92 Å². The van der Waals surface area contributed by atoms with E-state index < -0.39 is 5.92 Å². The predicted molar refractivity (Wildman–Crippen MR) is 57.3 cm³/mol. The molecular formula is C12H19F2NO. The van der Waals surface area contributed by atoms with Gasteiger partial charge < -0.3 is 5.32 Å². The summed E-state index contributed by atoms with van der Waals surface area (Å²) in [6, 6.07) is 0.301. The lowest BCUT2D eigenvalue weighted by Gasteiger charge is -2.28. The summed E-state index contributed by atoms with van der Waals surface area (Å²) < 4.78 is 25.8. The van der Waals surface area contributed by atoms with Gasteiger partial charge in [-0.1, -0.05) is 12.8 Å². The highest BCUT2D eigenvalue weighted by Gasteiger charge is 2.37. The number of rotatable bonds is 2. The third-order valence-corrected chi connectivity index (χ3v) is 3.79. The maximum absolute atomic E-state index is 12.9. The van der Waals surface area contributed by atoms with E-state index in [0.717, 1.165) is 12.8 Å². The van der Waals surface area contributed by atoms with Crippen molar-refractivity contribution in [2.75, 3.05) is 0 Å². The van der Waals surface area contributed by atoms with Crippen LogP contribution in [0.3, 0.4) is 0 Å². The second-order valence-electron chi connectivity index (χ2n) is 5.12. The van der Waals surface area contributed by atoms with Crippen LogP contribution in [0.15, 0.2) is 0 Å². The van der Waals surface area contributed by atoms with E-state index in [2.05, 4.69) is 5.32 Å². The van der Waals surface area contributed by atoms with Gasteiger partial charge in [0, 0.05) is 24.8 Å². The molecule has 92 valence electrons. The van der Waals surface area contributed by atoms with Gasteiger partial charge in [-0.15, -0.1) is 0 Å². The zero-order valence-corrected chi connectivity index (χ0v) is 9.48. The summed E-state index contributed by atoms with van der Waals surface area (Å²) in [6.45, 7) is 0. The molecule has 2 fully saturated rings. The third-order valence-electron chi connectivity index (χ3n) is 3.79. The fourth-order valence-corrected chi connectivity index (χ4v) is 2.69. The standard InChI is InChI=1S/C12H19F2NO/c13-12(14)7-5-9(6-8-12)11(16)15-10-3-1-2-4-10/h9-10H,1-8H2,(H,15,16). The molecule has 0 atom stereocenters. The lowest BCUT2D eigenvalue weighted by molar-refractivity contribution is -0.129. The van der Waals surface area contributed by atoms with E-state index in [1.807, 2.05) is 0 Å². The fraction of sp³-hybridized carbons (Fsp3) is 0.917. The molecule has 1 N–H and O–H groups in total. The summed E-state index contributed by atoms with van der Waals surface area (Å²) in [4.78, 5) is 11.8. The molecule has 0 bridgehead atoms. The second-order valence-corrected chi connectivity index (χ2v) is 5.12. The molecule has 0 aromatic heterocycles. The maximum atomic E-state index is 12.9. The zero-order chi connectivity index (χ0) is 11.6. The number of hydrogen-bond acceptors (Lipinski definition) is 1. The van der Waals surface area contributed by atoms with Crippen LogP contribution < -0.4 is 5.32 Å². The Kier molecular flexibility index (Phi) is 3.45. The Labute approximate surface area is 94.8 Å². The van der Waals surface area contributed by atoms with Gasteiger partial charge in [0.25, 0.3) is 0 Å². The fourth-order valence-electron chi connectivity index (χ4n) is 2.69. The van der Waals surface area contributed by atoms with Crippen molar-refractivity contribution in [3.8, 4) is 0 Å². The Morgan fingerprint density at radius 3 is 2.19 bits per heavy atom. The van der Waals surface area contributed by atoms with Gasteiger partial charge in [0.05, 0.1) is 0 Å². The lowest BCUT2D eigenvalue weighted by atomic mass is 9.86. The first-order valence-electron chi connectivity index (χ1n) is 6.25. The monoisotopic (exact) mass is 231 g/mol. The largest absolute Gasteiger partial charge is 0.353 e. The van der Waals surface area contributed by atoms with E-state index in [-0.39, 0.29) is 24.7 Å². The molecule has 0 heterocycles. The van der Waals surface area contributed by atoms with E-state index in [1.54, 1.807) is 0 Å². The van der Waals surface area contributed by atoms with Gasteiger partial charge in [0.1, 0.15) is 0 Å². The minimum absolute atomic E-state index is 0.00222.